The van der Waals surface area contributed by atoms with Gasteiger partial charge in [-0.1, -0.05) is 0 Å². The Hall–Kier alpha value is 1.26. The van der Waals surface area contributed by atoms with Crippen LogP contribution in [0.1, 0.15) is 209 Å². The van der Waals surface area contributed by atoms with Gasteiger partial charge in [-0.15, -0.1) is 0 Å². The summed E-state index contributed by atoms with van der Waals surface area (Å²) in [6, 6.07) is 0. The molecule has 0 aromatic heterocycles. The first kappa shape index (κ1) is 50.3. The molecule has 0 heterocycles. The van der Waals surface area contributed by atoms with Crippen molar-refractivity contribution in [2.24, 2.45) is 0 Å². The van der Waals surface area contributed by atoms with Gasteiger partial charge in [0.1, 0.15) is 0 Å². The summed E-state index contributed by atoms with van der Waals surface area (Å²) in [5, 5.41) is 0. The van der Waals surface area contributed by atoms with E-state index in [-0.39, 0.29) is 11.9 Å². The molecule has 0 aromatic carbocycles. The van der Waals surface area contributed by atoms with Crippen LogP contribution in [0.5, 0.6) is 0 Å². The van der Waals surface area contributed by atoms with Crippen LogP contribution in [0.2, 0.25) is 26.6 Å². The minimum atomic E-state index is -3.96. The van der Waals surface area contributed by atoms with Crippen LogP contribution in [0.25, 0.3) is 0 Å². The number of rotatable bonds is 36. The van der Waals surface area contributed by atoms with Crippen LogP contribution in [0.15, 0.2) is 0 Å². The third-order valence-electron chi connectivity index (χ3n) is 9.78. The van der Waals surface area contributed by atoms with Crippen LogP contribution in [0, 0.1) is 0 Å². The normalized spacial score (nSPS) is 12.4. The van der Waals surface area contributed by atoms with Crippen molar-refractivity contribution in [3.63, 3.8) is 0 Å². The van der Waals surface area contributed by atoms with Crippen LogP contribution in [-0.4, -0.2) is 69.6 Å². The summed E-state index contributed by atoms with van der Waals surface area (Å²) in [4.78, 5) is 27.4. The summed E-state index contributed by atoms with van der Waals surface area (Å²) in [5.74, 6) is -0.0427. The van der Waals surface area contributed by atoms with Gasteiger partial charge in [-0.2, -0.15) is 0 Å². The van der Waals surface area contributed by atoms with E-state index in [0.29, 0.717) is 12.8 Å². The molecule has 0 fully saturated rings. The third-order valence-corrected chi connectivity index (χ3v) is 65.0. The van der Waals surface area contributed by atoms with E-state index in [1.54, 1.807) is 0 Å². The van der Waals surface area contributed by atoms with Gasteiger partial charge in [0.15, 0.2) is 0 Å². The van der Waals surface area contributed by atoms with Crippen LogP contribution < -0.4 is 0 Å². The summed E-state index contributed by atoms with van der Waals surface area (Å²) >= 11 is -11.9. The first-order valence-corrected chi connectivity index (χ1v) is 40.6. The maximum absolute atomic E-state index is 13.7. The first-order valence-electron chi connectivity index (χ1n) is 21.5. The van der Waals surface area contributed by atoms with E-state index in [2.05, 4.69) is 55.4 Å². The number of carbonyl (C=O) groups excluding carboxylic acids is 2. The Morgan fingerprint density at radius 2 is 0.571 bits per heavy atom. The summed E-state index contributed by atoms with van der Waals surface area (Å²) in [7, 11) is 0. The van der Waals surface area contributed by atoms with Crippen LogP contribution in [-0.2, 0) is 18.6 Å². The molecule has 0 aliphatic rings. The molecule has 49 heavy (non-hydrogen) atoms. The molecule has 9 heteroatoms. The molecule has 0 saturated carbocycles. The second kappa shape index (κ2) is 32.7. The van der Waals surface area contributed by atoms with Gasteiger partial charge in [0.25, 0.3) is 0 Å². The maximum atomic E-state index is 13.7. The number of unbranched alkanes of at least 4 members (excludes halogenated alkanes) is 14. The Balaban J connectivity index is 6.88. The van der Waals surface area contributed by atoms with E-state index in [0.717, 1.165) is 129 Å². The van der Waals surface area contributed by atoms with Gasteiger partial charge in [-0.3, -0.25) is 0 Å². The topological polar surface area (TPSA) is 71.1 Å². The fourth-order valence-corrected chi connectivity index (χ4v) is 84.1. The Labute approximate surface area is 321 Å². The summed E-state index contributed by atoms with van der Waals surface area (Å²) in [5.41, 5.74) is 0. The molecule has 0 saturated heterocycles. The van der Waals surface area contributed by atoms with Crippen molar-refractivity contribution < 1.29 is 18.6 Å². The van der Waals surface area contributed by atoms with Crippen LogP contribution in [0.4, 0.5) is 0 Å². The van der Waals surface area contributed by atoms with E-state index >= 15 is 0 Å². The predicted octanol–water partition coefficient (Wildman–Crippen LogP) is 14.0. The van der Waals surface area contributed by atoms with E-state index in [4.69, 9.17) is 8.97 Å². The molecular weight excluding hydrogens is 933 g/mol. The van der Waals surface area contributed by atoms with Crippen molar-refractivity contribution >= 4 is 69.6 Å². The monoisotopic (exact) mass is 1020 g/mol. The molecule has 0 aromatic rings. The van der Waals surface area contributed by atoms with Gasteiger partial charge in [0.05, 0.1) is 0 Å². The molecule has 0 aliphatic heterocycles. The van der Waals surface area contributed by atoms with Gasteiger partial charge < -0.3 is 0 Å². The van der Waals surface area contributed by atoms with Crippen molar-refractivity contribution in [3.05, 3.63) is 0 Å². The van der Waals surface area contributed by atoms with E-state index in [1.807, 2.05) is 0 Å². The Kier molecular flexibility index (Phi) is 33.5. The SMILES string of the molecule is CCCCCCCC(=O)[O][Sn]([CH2]CCC)([CH2]CCC)[O][Sn]([CH2]CCC)([CH2]CCC)[O][Sn]([CH2]CCC)([CH2]CCC)[O]C(=O)CCCCCCC. The average Bonchev–Trinajstić information content (AvgIpc) is 3.09. The van der Waals surface area contributed by atoms with Crippen molar-refractivity contribution in [2.75, 3.05) is 0 Å². The van der Waals surface area contributed by atoms with E-state index in [1.165, 1.54) is 38.5 Å². The van der Waals surface area contributed by atoms with E-state index in [9.17, 15) is 9.59 Å². The first-order chi connectivity index (χ1) is 23.7. The molecule has 0 N–H and O–H groups in total. The molecule has 0 amide bonds. The van der Waals surface area contributed by atoms with E-state index < -0.39 is 57.6 Å². The van der Waals surface area contributed by atoms with Crippen molar-refractivity contribution in [3.8, 4) is 0 Å². The zero-order valence-electron chi connectivity index (χ0n) is 34.2. The van der Waals surface area contributed by atoms with Gasteiger partial charge in [-0.25, -0.2) is 0 Å². The van der Waals surface area contributed by atoms with Crippen LogP contribution in [0.3, 0.4) is 0 Å². The summed E-state index contributed by atoms with van der Waals surface area (Å²) in [6.07, 6.45) is 25.0. The minimum absolute atomic E-state index is 0.0214. The molecule has 0 unspecified atom stereocenters. The number of hydrogen-bond donors (Lipinski definition) is 0. The van der Waals surface area contributed by atoms with Crippen molar-refractivity contribution in [2.45, 2.75) is 236 Å². The second-order valence-electron chi connectivity index (χ2n) is 14.8. The zero-order valence-corrected chi connectivity index (χ0v) is 42.7. The average molecular weight is 1020 g/mol. The van der Waals surface area contributed by atoms with Gasteiger partial charge in [-0.05, 0) is 0 Å². The molecule has 0 bridgehead atoms. The van der Waals surface area contributed by atoms with Gasteiger partial charge in [0.2, 0.25) is 0 Å². The fraction of sp³-hybridized carbons (Fsp3) is 0.950. The number of hydrogen-bond acceptors (Lipinski definition) is 6. The van der Waals surface area contributed by atoms with Crippen LogP contribution >= 0.6 is 0 Å². The molecular formula is C40H84O6Sn3. The van der Waals surface area contributed by atoms with Crippen molar-refractivity contribution in [1.29, 1.82) is 0 Å². The Morgan fingerprint density at radius 3 is 0.837 bits per heavy atom. The predicted molar refractivity (Wildman–Crippen MR) is 217 cm³/mol. The Morgan fingerprint density at radius 1 is 0.327 bits per heavy atom. The molecule has 0 radical (unpaired) electrons. The molecule has 0 aliphatic carbocycles. The molecule has 0 atom stereocenters. The Bertz CT molecular complexity index is 716. The fourth-order valence-electron chi connectivity index (χ4n) is 6.67. The molecule has 0 rings (SSSR count). The molecule has 292 valence electrons. The van der Waals surface area contributed by atoms with Crippen molar-refractivity contribution in [1.82, 2.24) is 0 Å². The van der Waals surface area contributed by atoms with Gasteiger partial charge >= 0.3 is 324 Å². The third kappa shape index (κ3) is 24.3. The van der Waals surface area contributed by atoms with Gasteiger partial charge in [0, 0.05) is 0 Å². The summed E-state index contributed by atoms with van der Waals surface area (Å²) < 4.78 is 35.2. The molecule has 0 spiro atoms. The summed E-state index contributed by atoms with van der Waals surface area (Å²) in [6.45, 7) is 18.0. The second-order valence-corrected chi connectivity index (χ2v) is 49.1. The number of carbonyl (C=O) groups is 2. The zero-order chi connectivity index (χ0) is 36.7. The molecule has 6 nitrogen and oxygen atoms in total. The standard InChI is InChI=1S/2C8H16O2.6C4H9.2O.3Sn/c2*1-2-3-4-5-6-7-8(9)10;6*1-3-4-2;;;;;/h2*2-7H2,1H3,(H,9,10);6*1,3-4H2,2H3;;;;;/q;;;;;;;;;;;2*+1/p-2. The quantitative estimate of drug-likeness (QED) is 0.0460.